The predicted octanol–water partition coefficient (Wildman–Crippen LogP) is 3.56. The van der Waals surface area contributed by atoms with Gasteiger partial charge in [0.1, 0.15) is 0 Å². The summed E-state index contributed by atoms with van der Waals surface area (Å²) >= 11 is 5.96. The standard InChI is InChI=1S/C23H28ClN3O2/c1-17-5-3-4-6-20(17)16-26-11-13-27(14-12-26)23(29)15-22(25-18(2)28)19-7-9-21(24)10-8-19/h3-10,22H,11-16H2,1-2H3,(H,25,28). The predicted molar refractivity (Wildman–Crippen MR) is 116 cm³/mol. The van der Waals surface area contributed by atoms with Gasteiger partial charge in [-0.05, 0) is 35.7 Å². The van der Waals surface area contributed by atoms with Gasteiger partial charge in [-0.15, -0.1) is 0 Å². The maximum Gasteiger partial charge on any atom is 0.225 e. The van der Waals surface area contributed by atoms with E-state index >= 15 is 0 Å². The fraction of sp³-hybridized carbons (Fsp3) is 0.391. The summed E-state index contributed by atoms with van der Waals surface area (Å²) in [5, 5.41) is 3.52. The van der Waals surface area contributed by atoms with E-state index in [4.69, 9.17) is 11.6 Å². The van der Waals surface area contributed by atoms with E-state index in [9.17, 15) is 9.59 Å². The zero-order valence-corrected chi connectivity index (χ0v) is 17.8. The van der Waals surface area contributed by atoms with Crippen molar-refractivity contribution < 1.29 is 9.59 Å². The minimum absolute atomic E-state index is 0.0641. The molecular formula is C23H28ClN3O2. The Hall–Kier alpha value is -2.37. The second kappa shape index (κ2) is 9.90. The number of hydrogen-bond donors (Lipinski definition) is 1. The van der Waals surface area contributed by atoms with Crippen LogP contribution < -0.4 is 5.32 Å². The molecule has 1 fully saturated rings. The zero-order valence-electron chi connectivity index (χ0n) is 17.0. The van der Waals surface area contributed by atoms with Gasteiger partial charge in [-0.25, -0.2) is 0 Å². The number of rotatable bonds is 6. The molecule has 1 aliphatic rings. The van der Waals surface area contributed by atoms with Gasteiger partial charge in [-0.3, -0.25) is 14.5 Å². The molecule has 1 aliphatic heterocycles. The Balaban J connectivity index is 1.56. The van der Waals surface area contributed by atoms with Crippen molar-refractivity contribution in [2.75, 3.05) is 26.2 Å². The highest BCUT2D eigenvalue weighted by atomic mass is 35.5. The molecule has 2 amide bonds. The summed E-state index contributed by atoms with van der Waals surface area (Å²) in [6.07, 6.45) is 0.249. The molecule has 6 heteroatoms. The van der Waals surface area contributed by atoms with Crippen LogP contribution in [0.4, 0.5) is 0 Å². The minimum atomic E-state index is -0.345. The van der Waals surface area contributed by atoms with Crippen LogP contribution in [0.2, 0.25) is 5.02 Å². The fourth-order valence-corrected chi connectivity index (χ4v) is 3.81. The van der Waals surface area contributed by atoms with Crippen LogP contribution in [0.5, 0.6) is 0 Å². The van der Waals surface area contributed by atoms with Crippen LogP contribution in [-0.2, 0) is 16.1 Å². The van der Waals surface area contributed by atoms with E-state index < -0.39 is 0 Å². The first-order valence-electron chi connectivity index (χ1n) is 9.99. The lowest BCUT2D eigenvalue weighted by Crippen LogP contribution is -2.49. The number of nitrogens with zero attached hydrogens (tertiary/aromatic N) is 2. The number of carbonyl (C=O) groups is 2. The average Bonchev–Trinajstić information content (AvgIpc) is 2.70. The summed E-state index contributed by atoms with van der Waals surface area (Å²) in [4.78, 5) is 28.8. The molecule has 1 N–H and O–H groups in total. The number of benzene rings is 2. The molecule has 0 bridgehead atoms. The van der Waals surface area contributed by atoms with E-state index in [0.717, 1.165) is 25.2 Å². The molecule has 1 atom stereocenters. The molecule has 3 rings (SSSR count). The Morgan fingerprint density at radius 3 is 2.31 bits per heavy atom. The minimum Gasteiger partial charge on any atom is -0.349 e. The van der Waals surface area contributed by atoms with Crippen molar-refractivity contribution in [1.29, 1.82) is 0 Å². The van der Waals surface area contributed by atoms with Gasteiger partial charge in [-0.2, -0.15) is 0 Å². The van der Waals surface area contributed by atoms with Gasteiger partial charge in [0.2, 0.25) is 11.8 Å². The van der Waals surface area contributed by atoms with Gasteiger partial charge >= 0.3 is 0 Å². The Morgan fingerprint density at radius 1 is 1.03 bits per heavy atom. The summed E-state index contributed by atoms with van der Waals surface area (Å²) in [6, 6.07) is 15.4. The molecule has 154 valence electrons. The lowest BCUT2D eigenvalue weighted by atomic mass is 10.0. The Bertz CT molecular complexity index is 845. The number of carbonyl (C=O) groups excluding carboxylic acids is 2. The molecule has 0 aliphatic carbocycles. The maximum absolute atomic E-state index is 12.9. The maximum atomic E-state index is 12.9. The van der Waals surface area contributed by atoms with Gasteiger partial charge in [0.15, 0.2) is 0 Å². The van der Waals surface area contributed by atoms with Crippen molar-refractivity contribution in [2.24, 2.45) is 0 Å². The number of nitrogens with one attached hydrogen (secondary N) is 1. The highest BCUT2D eigenvalue weighted by Crippen LogP contribution is 2.21. The smallest absolute Gasteiger partial charge is 0.225 e. The molecule has 2 aromatic carbocycles. The van der Waals surface area contributed by atoms with Crippen LogP contribution in [-0.4, -0.2) is 47.8 Å². The van der Waals surface area contributed by atoms with E-state index in [2.05, 4.69) is 41.4 Å². The molecule has 0 saturated carbocycles. The lowest BCUT2D eigenvalue weighted by Gasteiger charge is -2.35. The number of halogens is 1. The third-order valence-electron chi connectivity index (χ3n) is 5.41. The summed E-state index contributed by atoms with van der Waals surface area (Å²) in [6.45, 7) is 7.63. The van der Waals surface area contributed by atoms with Crippen molar-refractivity contribution in [3.05, 3.63) is 70.2 Å². The summed E-state index contributed by atoms with van der Waals surface area (Å²) in [7, 11) is 0. The van der Waals surface area contributed by atoms with E-state index in [-0.39, 0.29) is 24.3 Å². The van der Waals surface area contributed by atoms with Crippen LogP contribution in [0.15, 0.2) is 48.5 Å². The Labute approximate surface area is 177 Å². The van der Waals surface area contributed by atoms with Gasteiger partial charge in [-0.1, -0.05) is 48.0 Å². The highest BCUT2D eigenvalue weighted by Gasteiger charge is 2.25. The van der Waals surface area contributed by atoms with Gasteiger partial charge in [0.25, 0.3) is 0 Å². The monoisotopic (exact) mass is 413 g/mol. The first-order valence-corrected chi connectivity index (χ1v) is 10.4. The molecule has 1 unspecified atom stereocenters. The van der Waals surface area contributed by atoms with Gasteiger partial charge in [0.05, 0.1) is 12.5 Å². The number of hydrogen-bond acceptors (Lipinski definition) is 3. The normalized spacial score (nSPS) is 15.8. The van der Waals surface area contributed by atoms with E-state index in [1.165, 1.54) is 18.1 Å². The van der Waals surface area contributed by atoms with Crippen molar-refractivity contribution in [1.82, 2.24) is 15.1 Å². The SMILES string of the molecule is CC(=O)NC(CC(=O)N1CCN(Cc2ccccc2C)CC1)c1ccc(Cl)cc1. The summed E-state index contributed by atoms with van der Waals surface area (Å²) < 4.78 is 0. The largest absolute Gasteiger partial charge is 0.349 e. The van der Waals surface area contributed by atoms with Gasteiger partial charge < -0.3 is 10.2 Å². The first kappa shape index (κ1) is 21.3. The average molecular weight is 414 g/mol. The van der Waals surface area contributed by atoms with Crippen LogP contribution in [0.25, 0.3) is 0 Å². The van der Waals surface area contributed by atoms with E-state index in [1.54, 1.807) is 12.1 Å². The van der Waals surface area contributed by atoms with Crippen LogP contribution in [0.1, 0.15) is 36.1 Å². The van der Waals surface area contributed by atoms with Crippen molar-refractivity contribution in [3.63, 3.8) is 0 Å². The first-order chi connectivity index (χ1) is 13.9. The fourth-order valence-electron chi connectivity index (χ4n) is 3.68. The van der Waals surface area contributed by atoms with Crippen molar-refractivity contribution >= 4 is 23.4 Å². The molecule has 2 aromatic rings. The summed E-state index contributed by atoms with van der Waals surface area (Å²) in [5.41, 5.74) is 3.52. The molecule has 5 nitrogen and oxygen atoms in total. The second-order valence-electron chi connectivity index (χ2n) is 7.59. The lowest BCUT2D eigenvalue weighted by molar-refractivity contribution is -0.133. The Kier molecular flexibility index (Phi) is 7.29. The number of piperazine rings is 1. The molecule has 0 radical (unpaired) electrons. The zero-order chi connectivity index (χ0) is 20.8. The molecule has 1 saturated heterocycles. The highest BCUT2D eigenvalue weighted by molar-refractivity contribution is 6.30. The second-order valence-corrected chi connectivity index (χ2v) is 8.03. The number of amides is 2. The molecule has 0 aromatic heterocycles. The third-order valence-corrected chi connectivity index (χ3v) is 5.66. The van der Waals surface area contributed by atoms with Crippen LogP contribution >= 0.6 is 11.6 Å². The topological polar surface area (TPSA) is 52.7 Å². The van der Waals surface area contributed by atoms with Crippen LogP contribution in [0.3, 0.4) is 0 Å². The molecule has 1 heterocycles. The van der Waals surface area contributed by atoms with Crippen molar-refractivity contribution in [2.45, 2.75) is 32.9 Å². The van der Waals surface area contributed by atoms with Crippen LogP contribution in [0, 0.1) is 6.92 Å². The summed E-state index contributed by atoms with van der Waals surface area (Å²) in [5.74, 6) is -0.0879. The van der Waals surface area contributed by atoms with E-state index in [1.807, 2.05) is 17.0 Å². The molecular weight excluding hydrogens is 386 g/mol. The third kappa shape index (κ3) is 6.05. The number of aryl methyl sites for hydroxylation is 1. The molecule has 29 heavy (non-hydrogen) atoms. The molecule has 0 spiro atoms. The van der Waals surface area contributed by atoms with Gasteiger partial charge in [0, 0.05) is 44.7 Å². The van der Waals surface area contributed by atoms with Crippen molar-refractivity contribution in [3.8, 4) is 0 Å². The quantitative estimate of drug-likeness (QED) is 0.787. The van der Waals surface area contributed by atoms with E-state index in [0.29, 0.717) is 18.1 Å². The Morgan fingerprint density at radius 2 is 1.69 bits per heavy atom.